The van der Waals surface area contributed by atoms with Crippen molar-refractivity contribution in [3.05, 3.63) is 59.5 Å². The number of morpholine rings is 1. The van der Waals surface area contributed by atoms with Crippen LogP contribution in [0.3, 0.4) is 0 Å². The third kappa shape index (κ3) is 4.16. The first-order valence-electron chi connectivity index (χ1n) is 9.07. The second-order valence-corrected chi connectivity index (χ2v) is 7.21. The maximum atomic E-state index is 12.4. The average Bonchev–Trinajstić information content (AvgIpc) is 3.25. The number of methoxy groups -OCH3 is 1. The van der Waals surface area contributed by atoms with E-state index < -0.39 is 0 Å². The Bertz CT molecular complexity index is 932. The number of hydrogen-bond donors (Lipinski definition) is 1. The van der Waals surface area contributed by atoms with Crippen LogP contribution in [0, 0.1) is 0 Å². The van der Waals surface area contributed by atoms with E-state index in [0.717, 1.165) is 54.1 Å². The van der Waals surface area contributed by atoms with Crippen LogP contribution in [0.1, 0.15) is 10.4 Å². The average molecular weight is 395 g/mol. The third-order valence-corrected chi connectivity index (χ3v) is 5.47. The summed E-state index contributed by atoms with van der Waals surface area (Å²) in [7, 11) is 1.60. The van der Waals surface area contributed by atoms with Gasteiger partial charge in [-0.15, -0.1) is 11.3 Å². The first kappa shape index (κ1) is 18.5. The topological polar surface area (TPSA) is 63.7 Å². The molecule has 0 spiro atoms. The zero-order valence-corrected chi connectivity index (χ0v) is 16.4. The lowest BCUT2D eigenvalue weighted by Crippen LogP contribution is -2.36. The molecule has 7 heteroatoms. The van der Waals surface area contributed by atoms with Crippen LogP contribution in [0.4, 0.5) is 10.8 Å². The minimum Gasteiger partial charge on any atom is -0.497 e. The van der Waals surface area contributed by atoms with E-state index in [1.807, 2.05) is 24.3 Å². The van der Waals surface area contributed by atoms with Crippen molar-refractivity contribution in [3.63, 3.8) is 0 Å². The van der Waals surface area contributed by atoms with E-state index in [1.165, 1.54) is 0 Å². The highest BCUT2D eigenvalue weighted by Gasteiger charge is 2.15. The fourth-order valence-electron chi connectivity index (χ4n) is 2.97. The van der Waals surface area contributed by atoms with Gasteiger partial charge < -0.3 is 19.7 Å². The zero-order chi connectivity index (χ0) is 19.3. The Balaban J connectivity index is 1.42. The van der Waals surface area contributed by atoms with Gasteiger partial charge in [-0.25, -0.2) is 4.98 Å². The molecule has 0 bridgehead atoms. The molecular weight excluding hydrogens is 374 g/mol. The van der Waals surface area contributed by atoms with Crippen molar-refractivity contribution < 1.29 is 14.3 Å². The molecule has 2 heterocycles. The second kappa shape index (κ2) is 8.41. The minimum atomic E-state index is -0.154. The van der Waals surface area contributed by atoms with Crippen molar-refractivity contribution in [2.24, 2.45) is 0 Å². The number of amides is 1. The van der Waals surface area contributed by atoms with Gasteiger partial charge in [0.15, 0.2) is 5.13 Å². The Morgan fingerprint density at radius 3 is 2.50 bits per heavy atom. The second-order valence-electron chi connectivity index (χ2n) is 6.37. The largest absolute Gasteiger partial charge is 0.497 e. The molecule has 4 rings (SSSR count). The first-order chi connectivity index (χ1) is 13.7. The Hall–Kier alpha value is -2.90. The number of rotatable bonds is 5. The van der Waals surface area contributed by atoms with Crippen LogP contribution in [0.25, 0.3) is 11.3 Å². The fourth-order valence-corrected chi connectivity index (χ4v) is 3.86. The summed E-state index contributed by atoms with van der Waals surface area (Å²) >= 11 is 1.65. The maximum absolute atomic E-state index is 12.4. The van der Waals surface area contributed by atoms with Crippen LogP contribution in [0.2, 0.25) is 0 Å². The Labute approximate surface area is 167 Å². The standard InChI is InChI=1S/C21H21N3O3S/c1-26-18-8-4-16(5-9-18)20(25)22-17-6-2-15(3-7-17)19-14-28-21(23-19)24-10-12-27-13-11-24/h2-9,14H,10-13H2,1H3,(H,22,25). The lowest BCUT2D eigenvalue weighted by atomic mass is 10.1. The van der Waals surface area contributed by atoms with Gasteiger partial charge in [0, 0.05) is 35.3 Å². The molecular formula is C21H21N3O3S. The van der Waals surface area contributed by atoms with Crippen LogP contribution < -0.4 is 15.0 Å². The van der Waals surface area contributed by atoms with Crippen LogP contribution in [0.15, 0.2) is 53.9 Å². The SMILES string of the molecule is COc1ccc(C(=O)Nc2ccc(-c3csc(N4CCOCC4)n3)cc2)cc1. The molecule has 2 aromatic carbocycles. The van der Waals surface area contributed by atoms with Gasteiger partial charge in [0.25, 0.3) is 5.91 Å². The van der Waals surface area contributed by atoms with Gasteiger partial charge in [0.05, 0.1) is 26.0 Å². The van der Waals surface area contributed by atoms with E-state index in [1.54, 1.807) is 42.7 Å². The number of benzene rings is 2. The molecule has 0 unspecified atom stereocenters. The van der Waals surface area contributed by atoms with Crippen molar-refractivity contribution in [2.45, 2.75) is 0 Å². The number of carbonyl (C=O) groups is 1. The first-order valence-corrected chi connectivity index (χ1v) is 9.95. The number of hydrogen-bond acceptors (Lipinski definition) is 6. The van der Waals surface area contributed by atoms with Gasteiger partial charge in [-0.2, -0.15) is 0 Å². The molecule has 6 nitrogen and oxygen atoms in total. The molecule has 1 amide bonds. The summed E-state index contributed by atoms with van der Waals surface area (Å²) in [4.78, 5) is 19.4. The molecule has 0 aliphatic carbocycles. The highest BCUT2D eigenvalue weighted by Crippen LogP contribution is 2.28. The Morgan fingerprint density at radius 1 is 1.11 bits per heavy atom. The van der Waals surface area contributed by atoms with Gasteiger partial charge in [-0.3, -0.25) is 4.79 Å². The molecule has 1 fully saturated rings. The molecule has 1 aromatic heterocycles. The number of nitrogens with zero attached hydrogens (tertiary/aromatic N) is 2. The normalized spacial score (nSPS) is 14.0. The molecule has 3 aromatic rings. The summed E-state index contributed by atoms with van der Waals surface area (Å²) < 4.78 is 10.5. The lowest BCUT2D eigenvalue weighted by Gasteiger charge is -2.26. The van der Waals surface area contributed by atoms with Crippen LogP contribution in [0.5, 0.6) is 5.75 Å². The highest BCUT2D eigenvalue weighted by atomic mass is 32.1. The smallest absolute Gasteiger partial charge is 0.255 e. The molecule has 1 saturated heterocycles. The Kier molecular flexibility index (Phi) is 5.55. The Morgan fingerprint density at radius 2 is 1.82 bits per heavy atom. The van der Waals surface area contributed by atoms with Gasteiger partial charge >= 0.3 is 0 Å². The van der Waals surface area contributed by atoms with Crippen molar-refractivity contribution in [1.29, 1.82) is 0 Å². The summed E-state index contributed by atoms with van der Waals surface area (Å²) in [6, 6.07) is 14.8. The molecule has 144 valence electrons. The molecule has 1 N–H and O–H groups in total. The minimum absolute atomic E-state index is 0.154. The van der Waals surface area contributed by atoms with Crippen molar-refractivity contribution in [2.75, 3.05) is 43.6 Å². The summed E-state index contributed by atoms with van der Waals surface area (Å²) in [5.41, 5.74) is 3.30. The molecule has 1 aliphatic rings. The summed E-state index contributed by atoms with van der Waals surface area (Å²) in [5.74, 6) is 0.569. The number of anilines is 2. The van der Waals surface area contributed by atoms with Crippen molar-refractivity contribution in [3.8, 4) is 17.0 Å². The maximum Gasteiger partial charge on any atom is 0.255 e. The van der Waals surface area contributed by atoms with Gasteiger partial charge in [-0.05, 0) is 36.4 Å². The van der Waals surface area contributed by atoms with E-state index in [9.17, 15) is 4.79 Å². The number of nitrogens with one attached hydrogen (secondary N) is 1. The quantitative estimate of drug-likeness (QED) is 0.710. The number of ether oxygens (including phenoxy) is 2. The predicted octanol–water partition coefficient (Wildman–Crippen LogP) is 3.91. The van der Waals surface area contributed by atoms with Crippen molar-refractivity contribution >= 4 is 28.1 Å². The van der Waals surface area contributed by atoms with Crippen LogP contribution in [-0.4, -0.2) is 44.3 Å². The molecule has 0 saturated carbocycles. The summed E-state index contributed by atoms with van der Waals surface area (Å²) in [5, 5.41) is 6.00. The highest BCUT2D eigenvalue weighted by molar-refractivity contribution is 7.14. The molecule has 28 heavy (non-hydrogen) atoms. The van der Waals surface area contributed by atoms with E-state index in [2.05, 4.69) is 15.6 Å². The zero-order valence-electron chi connectivity index (χ0n) is 15.6. The van der Waals surface area contributed by atoms with Gasteiger partial charge in [-0.1, -0.05) is 12.1 Å². The molecule has 0 atom stereocenters. The van der Waals surface area contributed by atoms with E-state index in [-0.39, 0.29) is 5.91 Å². The van der Waals surface area contributed by atoms with Gasteiger partial charge in [0.2, 0.25) is 0 Å². The number of thiazole rings is 1. The summed E-state index contributed by atoms with van der Waals surface area (Å²) in [6.07, 6.45) is 0. The van der Waals surface area contributed by atoms with Crippen molar-refractivity contribution in [1.82, 2.24) is 4.98 Å². The number of carbonyl (C=O) groups excluding carboxylic acids is 1. The monoisotopic (exact) mass is 395 g/mol. The van der Waals surface area contributed by atoms with E-state index in [0.29, 0.717) is 5.56 Å². The van der Waals surface area contributed by atoms with Crippen LogP contribution in [-0.2, 0) is 4.74 Å². The molecule has 0 radical (unpaired) electrons. The fraction of sp³-hybridized carbons (Fsp3) is 0.238. The van der Waals surface area contributed by atoms with Crippen LogP contribution >= 0.6 is 11.3 Å². The molecule has 1 aliphatic heterocycles. The number of aromatic nitrogens is 1. The predicted molar refractivity (Wildman–Crippen MR) is 112 cm³/mol. The summed E-state index contributed by atoms with van der Waals surface area (Å²) in [6.45, 7) is 3.25. The van der Waals surface area contributed by atoms with Gasteiger partial charge in [0.1, 0.15) is 5.75 Å². The lowest BCUT2D eigenvalue weighted by molar-refractivity contribution is 0.102. The van der Waals surface area contributed by atoms with E-state index >= 15 is 0 Å². The third-order valence-electron chi connectivity index (χ3n) is 4.56. The van der Waals surface area contributed by atoms with E-state index in [4.69, 9.17) is 14.5 Å².